The summed E-state index contributed by atoms with van der Waals surface area (Å²) >= 11 is 0. The quantitative estimate of drug-likeness (QED) is 0.852. The van der Waals surface area contributed by atoms with Gasteiger partial charge in [0.2, 0.25) is 5.95 Å². The minimum Gasteiger partial charge on any atom is -0.491 e. The van der Waals surface area contributed by atoms with Crippen LogP contribution in [-0.4, -0.2) is 40.7 Å². The van der Waals surface area contributed by atoms with Gasteiger partial charge in [-0.2, -0.15) is 0 Å². The number of rotatable bonds is 7. The van der Waals surface area contributed by atoms with Gasteiger partial charge in [-0.3, -0.25) is 0 Å². The third kappa shape index (κ3) is 3.47. The van der Waals surface area contributed by atoms with E-state index in [1.165, 1.54) is 0 Å². The number of hydrogen-bond acceptors (Lipinski definition) is 4. The fourth-order valence-corrected chi connectivity index (χ4v) is 2.22. The summed E-state index contributed by atoms with van der Waals surface area (Å²) in [5.41, 5.74) is 7.99. The summed E-state index contributed by atoms with van der Waals surface area (Å²) in [7, 11) is 2.12. The van der Waals surface area contributed by atoms with Gasteiger partial charge in [0, 0.05) is 19.1 Å². The van der Waals surface area contributed by atoms with Crippen LogP contribution < -0.4 is 10.5 Å². The largest absolute Gasteiger partial charge is 0.491 e. The molecule has 0 fully saturated rings. The van der Waals surface area contributed by atoms with E-state index in [9.17, 15) is 0 Å². The fourth-order valence-electron chi connectivity index (χ4n) is 2.22. The van der Waals surface area contributed by atoms with Gasteiger partial charge >= 0.3 is 0 Å². The maximum atomic E-state index is 6.09. The van der Waals surface area contributed by atoms with Gasteiger partial charge in [0.1, 0.15) is 11.3 Å². The first kappa shape index (κ1) is 15.6. The molecular weight excluding hydrogens is 264 g/mol. The van der Waals surface area contributed by atoms with Crippen LogP contribution in [0.15, 0.2) is 18.2 Å². The Bertz CT molecular complexity index is 591. The molecule has 0 aliphatic carbocycles. The smallest absolute Gasteiger partial charge is 0.201 e. The minimum absolute atomic E-state index is 0.518. The average Bonchev–Trinajstić information content (AvgIpc) is 2.78. The monoisotopic (exact) mass is 290 g/mol. The Morgan fingerprint density at radius 1 is 1.38 bits per heavy atom. The van der Waals surface area contributed by atoms with Gasteiger partial charge in [0.25, 0.3) is 0 Å². The van der Waals surface area contributed by atoms with E-state index in [0.717, 1.165) is 36.3 Å². The Morgan fingerprint density at radius 2 is 2.14 bits per heavy atom. The predicted octanol–water partition coefficient (Wildman–Crippen LogP) is 2.75. The normalized spacial score (nSPS) is 11.7. The Labute approximate surface area is 126 Å². The van der Waals surface area contributed by atoms with Crippen molar-refractivity contribution in [2.45, 2.75) is 39.8 Å². The molecule has 2 aromatic rings. The molecule has 0 bridgehead atoms. The highest BCUT2D eigenvalue weighted by Crippen LogP contribution is 2.27. The number of fused-ring (bicyclic) bond motifs is 1. The van der Waals surface area contributed by atoms with Crippen molar-refractivity contribution in [2.24, 2.45) is 0 Å². The van der Waals surface area contributed by atoms with Gasteiger partial charge < -0.3 is 19.9 Å². The number of nitrogens with zero attached hydrogens (tertiary/aromatic N) is 3. The number of hydrogen-bond donors (Lipinski definition) is 1. The molecule has 0 amide bonds. The second kappa shape index (κ2) is 6.80. The average molecular weight is 290 g/mol. The number of para-hydroxylation sites is 1. The molecule has 0 unspecified atom stereocenters. The molecule has 5 nitrogen and oxygen atoms in total. The molecule has 2 N–H and O–H groups in total. The van der Waals surface area contributed by atoms with E-state index in [0.29, 0.717) is 18.6 Å². The highest BCUT2D eigenvalue weighted by Gasteiger charge is 2.13. The topological polar surface area (TPSA) is 56.3 Å². The van der Waals surface area contributed by atoms with Crippen LogP contribution in [0.2, 0.25) is 0 Å². The van der Waals surface area contributed by atoms with Crippen LogP contribution in [0, 0.1) is 0 Å². The zero-order chi connectivity index (χ0) is 15.4. The molecule has 2 rings (SSSR count). The van der Waals surface area contributed by atoms with E-state index < -0.39 is 0 Å². The summed E-state index contributed by atoms with van der Waals surface area (Å²) in [6.45, 7) is 8.93. The molecule has 1 aromatic heterocycles. The number of likely N-dealkylation sites (N-methyl/N-ethyl adjacent to an activating group) is 1. The number of nitrogens with two attached hydrogens (primary N) is 1. The Balaban J connectivity index is 2.26. The van der Waals surface area contributed by atoms with Crippen LogP contribution in [0.4, 0.5) is 5.95 Å². The van der Waals surface area contributed by atoms with Crippen molar-refractivity contribution in [2.75, 3.05) is 25.9 Å². The number of imidazole rings is 1. The molecule has 0 saturated carbocycles. The lowest BCUT2D eigenvalue weighted by Crippen LogP contribution is -2.29. The van der Waals surface area contributed by atoms with Gasteiger partial charge in [-0.25, -0.2) is 4.98 Å². The second-order valence-electron chi connectivity index (χ2n) is 5.67. The summed E-state index contributed by atoms with van der Waals surface area (Å²) < 4.78 is 7.82. The van der Waals surface area contributed by atoms with Crippen molar-refractivity contribution in [1.82, 2.24) is 14.5 Å². The van der Waals surface area contributed by atoms with E-state index in [1.807, 2.05) is 18.2 Å². The summed E-state index contributed by atoms with van der Waals surface area (Å²) in [6, 6.07) is 6.52. The van der Waals surface area contributed by atoms with Crippen LogP contribution in [0.25, 0.3) is 11.0 Å². The van der Waals surface area contributed by atoms with E-state index in [1.54, 1.807) is 0 Å². The molecule has 1 aromatic carbocycles. The van der Waals surface area contributed by atoms with Crippen LogP contribution in [0.5, 0.6) is 5.75 Å². The number of anilines is 1. The standard InChI is InChI=1S/C16H26N4O/c1-5-11-21-14-8-6-7-13-15(14)18-16(17)20(13)10-9-19(4)12(2)3/h6-8,12H,5,9-11H2,1-4H3,(H2,17,18). The zero-order valence-electron chi connectivity index (χ0n) is 13.5. The van der Waals surface area contributed by atoms with Gasteiger partial charge in [-0.1, -0.05) is 13.0 Å². The van der Waals surface area contributed by atoms with E-state index in [-0.39, 0.29) is 0 Å². The number of benzene rings is 1. The van der Waals surface area contributed by atoms with Crippen LogP contribution in [-0.2, 0) is 6.54 Å². The van der Waals surface area contributed by atoms with Crippen LogP contribution >= 0.6 is 0 Å². The molecule has 0 saturated heterocycles. The van der Waals surface area contributed by atoms with Crippen molar-refractivity contribution >= 4 is 17.0 Å². The van der Waals surface area contributed by atoms with Crippen LogP contribution in [0.3, 0.4) is 0 Å². The molecular formula is C16H26N4O. The number of nitrogen functional groups attached to an aromatic ring is 1. The highest BCUT2D eigenvalue weighted by atomic mass is 16.5. The predicted molar refractivity (Wildman–Crippen MR) is 87.7 cm³/mol. The molecule has 116 valence electrons. The lowest BCUT2D eigenvalue weighted by Gasteiger charge is -2.21. The van der Waals surface area contributed by atoms with E-state index in [4.69, 9.17) is 10.5 Å². The van der Waals surface area contributed by atoms with Crippen LogP contribution in [0.1, 0.15) is 27.2 Å². The first-order valence-electron chi connectivity index (χ1n) is 7.62. The van der Waals surface area contributed by atoms with Crippen molar-refractivity contribution in [1.29, 1.82) is 0 Å². The Kier molecular flexibility index (Phi) is 5.07. The molecule has 0 radical (unpaired) electrons. The summed E-state index contributed by atoms with van der Waals surface area (Å²) in [5, 5.41) is 0. The Morgan fingerprint density at radius 3 is 2.81 bits per heavy atom. The number of aromatic nitrogens is 2. The third-order valence-electron chi connectivity index (χ3n) is 3.79. The third-order valence-corrected chi connectivity index (χ3v) is 3.79. The molecule has 0 aliphatic rings. The van der Waals surface area contributed by atoms with Crippen molar-refractivity contribution < 1.29 is 4.74 Å². The van der Waals surface area contributed by atoms with Gasteiger partial charge in [0.05, 0.1) is 12.1 Å². The first-order valence-corrected chi connectivity index (χ1v) is 7.62. The van der Waals surface area contributed by atoms with Gasteiger partial charge in [-0.15, -0.1) is 0 Å². The minimum atomic E-state index is 0.518. The second-order valence-corrected chi connectivity index (χ2v) is 5.67. The zero-order valence-corrected chi connectivity index (χ0v) is 13.5. The molecule has 0 spiro atoms. The van der Waals surface area contributed by atoms with Crippen molar-refractivity contribution in [3.8, 4) is 5.75 Å². The molecule has 21 heavy (non-hydrogen) atoms. The molecule has 0 aliphatic heterocycles. The molecule has 5 heteroatoms. The summed E-state index contributed by atoms with van der Waals surface area (Å²) in [6.07, 6.45) is 0.978. The van der Waals surface area contributed by atoms with Gasteiger partial charge in [-0.05, 0) is 39.4 Å². The van der Waals surface area contributed by atoms with E-state index in [2.05, 4.69) is 42.3 Å². The maximum absolute atomic E-state index is 6.09. The highest BCUT2D eigenvalue weighted by molar-refractivity contribution is 5.84. The van der Waals surface area contributed by atoms with Crippen molar-refractivity contribution in [3.63, 3.8) is 0 Å². The first-order chi connectivity index (χ1) is 10.0. The lowest BCUT2D eigenvalue weighted by molar-refractivity contribution is 0.264. The lowest BCUT2D eigenvalue weighted by atomic mass is 10.3. The Hall–Kier alpha value is -1.75. The summed E-state index contributed by atoms with van der Waals surface area (Å²) in [4.78, 5) is 6.78. The van der Waals surface area contributed by atoms with Crippen molar-refractivity contribution in [3.05, 3.63) is 18.2 Å². The van der Waals surface area contributed by atoms with Gasteiger partial charge in [0.15, 0.2) is 0 Å². The summed E-state index contributed by atoms with van der Waals surface area (Å²) in [5.74, 6) is 1.37. The SMILES string of the molecule is CCCOc1cccc2c1nc(N)n2CCN(C)C(C)C. The fraction of sp³-hybridized carbons (Fsp3) is 0.562. The molecule has 0 atom stereocenters. The van der Waals surface area contributed by atoms with E-state index >= 15 is 0 Å². The molecule has 1 heterocycles. The maximum Gasteiger partial charge on any atom is 0.201 e. The number of ether oxygens (including phenoxy) is 1.